The zero-order valence-corrected chi connectivity index (χ0v) is 12.7. The number of nitrogens with one attached hydrogen (secondary N) is 1. The van der Waals surface area contributed by atoms with Crippen molar-refractivity contribution in [1.29, 1.82) is 0 Å². The number of rotatable bonds is 4. The molecular formula is C15H18BrN3. The summed E-state index contributed by atoms with van der Waals surface area (Å²) in [6, 6.07) is 10.7. The first-order chi connectivity index (χ1) is 9.08. The van der Waals surface area contributed by atoms with Crippen LogP contribution in [0.1, 0.15) is 18.1 Å². The molecule has 0 fully saturated rings. The molecule has 1 aromatic carbocycles. The molecule has 100 valence electrons. The average molecular weight is 320 g/mol. The van der Waals surface area contributed by atoms with E-state index in [1.54, 1.807) is 6.20 Å². The minimum absolute atomic E-state index is 0.300. The summed E-state index contributed by atoms with van der Waals surface area (Å²) < 4.78 is 0.937. The van der Waals surface area contributed by atoms with Crippen molar-refractivity contribution in [3.8, 4) is 0 Å². The van der Waals surface area contributed by atoms with Gasteiger partial charge in [0.1, 0.15) is 5.82 Å². The van der Waals surface area contributed by atoms with Crippen LogP contribution in [0.5, 0.6) is 0 Å². The van der Waals surface area contributed by atoms with Crippen LogP contribution in [0.2, 0.25) is 0 Å². The molecule has 0 radical (unpaired) electrons. The van der Waals surface area contributed by atoms with Gasteiger partial charge < -0.3 is 11.1 Å². The van der Waals surface area contributed by atoms with Crippen molar-refractivity contribution in [2.45, 2.75) is 26.3 Å². The zero-order chi connectivity index (χ0) is 13.8. The largest absolute Gasteiger partial charge is 0.397 e. The summed E-state index contributed by atoms with van der Waals surface area (Å²) in [7, 11) is 0. The van der Waals surface area contributed by atoms with Crippen molar-refractivity contribution in [2.75, 3.05) is 11.1 Å². The lowest BCUT2D eigenvalue weighted by Gasteiger charge is -2.17. The van der Waals surface area contributed by atoms with Gasteiger partial charge in [-0.15, -0.1) is 0 Å². The van der Waals surface area contributed by atoms with Gasteiger partial charge in [0, 0.05) is 6.04 Å². The van der Waals surface area contributed by atoms with Crippen LogP contribution < -0.4 is 11.1 Å². The van der Waals surface area contributed by atoms with E-state index >= 15 is 0 Å². The molecule has 0 aliphatic rings. The van der Waals surface area contributed by atoms with Gasteiger partial charge in [0.2, 0.25) is 0 Å². The fourth-order valence-electron chi connectivity index (χ4n) is 1.94. The highest BCUT2D eigenvalue weighted by Gasteiger charge is 2.10. The number of halogens is 1. The van der Waals surface area contributed by atoms with E-state index in [9.17, 15) is 0 Å². The molecule has 1 aromatic heterocycles. The van der Waals surface area contributed by atoms with E-state index in [-0.39, 0.29) is 0 Å². The Morgan fingerprint density at radius 1 is 1.32 bits per heavy atom. The molecule has 0 bridgehead atoms. The molecule has 0 aliphatic heterocycles. The van der Waals surface area contributed by atoms with Crippen molar-refractivity contribution in [3.05, 3.63) is 52.1 Å². The van der Waals surface area contributed by atoms with Crippen molar-refractivity contribution in [1.82, 2.24) is 4.98 Å². The zero-order valence-electron chi connectivity index (χ0n) is 11.2. The quantitative estimate of drug-likeness (QED) is 0.901. The van der Waals surface area contributed by atoms with Gasteiger partial charge in [-0.2, -0.15) is 0 Å². The second-order valence-electron chi connectivity index (χ2n) is 4.74. The number of benzene rings is 1. The molecule has 0 saturated heterocycles. The standard InChI is InChI=1S/C15H18BrN3/c1-10(8-12-6-4-3-5-7-12)19-15-14(16)11(2)13(17)9-18-15/h3-7,9-10H,8,17H2,1-2H3,(H,18,19). The summed E-state index contributed by atoms with van der Waals surface area (Å²) in [5.41, 5.74) is 8.85. The summed E-state index contributed by atoms with van der Waals surface area (Å²) in [6.45, 7) is 4.13. The smallest absolute Gasteiger partial charge is 0.140 e. The summed E-state index contributed by atoms with van der Waals surface area (Å²) in [5.74, 6) is 0.843. The maximum absolute atomic E-state index is 5.82. The molecule has 0 amide bonds. The first-order valence-electron chi connectivity index (χ1n) is 6.29. The monoisotopic (exact) mass is 319 g/mol. The van der Waals surface area contributed by atoms with Gasteiger partial charge in [0.05, 0.1) is 16.4 Å². The number of nitrogen functional groups attached to an aromatic ring is 1. The number of hydrogen-bond acceptors (Lipinski definition) is 3. The Morgan fingerprint density at radius 3 is 2.68 bits per heavy atom. The number of pyridine rings is 1. The highest BCUT2D eigenvalue weighted by Crippen LogP contribution is 2.28. The fraction of sp³-hybridized carbons (Fsp3) is 0.267. The minimum Gasteiger partial charge on any atom is -0.397 e. The van der Waals surface area contributed by atoms with Crippen LogP contribution in [-0.4, -0.2) is 11.0 Å². The lowest BCUT2D eigenvalue weighted by Crippen LogP contribution is -2.19. The SMILES string of the molecule is Cc1c(N)cnc(NC(C)Cc2ccccc2)c1Br. The number of nitrogens with two attached hydrogens (primary N) is 1. The molecular weight excluding hydrogens is 302 g/mol. The molecule has 3 N–H and O–H groups in total. The van der Waals surface area contributed by atoms with Crippen molar-refractivity contribution >= 4 is 27.4 Å². The summed E-state index contributed by atoms with van der Waals surface area (Å²) in [6.07, 6.45) is 2.65. The summed E-state index contributed by atoms with van der Waals surface area (Å²) in [4.78, 5) is 4.34. The van der Waals surface area contributed by atoms with Gasteiger partial charge in [-0.25, -0.2) is 4.98 Å². The van der Waals surface area contributed by atoms with Crippen molar-refractivity contribution < 1.29 is 0 Å². The fourth-order valence-corrected chi connectivity index (χ4v) is 2.39. The van der Waals surface area contributed by atoms with E-state index < -0.39 is 0 Å². The minimum atomic E-state index is 0.300. The third-order valence-electron chi connectivity index (χ3n) is 3.07. The number of aromatic nitrogens is 1. The van der Waals surface area contributed by atoms with E-state index in [1.165, 1.54) is 5.56 Å². The average Bonchev–Trinajstić information content (AvgIpc) is 2.41. The van der Waals surface area contributed by atoms with Crippen LogP contribution in [0.25, 0.3) is 0 Å². The molecule has 19 heavy (non-hydrogen) atoms. The van der Waals surface area contributed by atoms with E-state index in [0.29, 0.717) is 11.7 Å². The second kappa shape index (κ2) is 6.06. The Morgan fingerprint density at radius 2 is 2.00 bits per heavy atom. The predicted molar refractivity (Wildman–Crippen MR) is 84.3 cm³/mol. The van der Waals surface area contributed by atoms with Crippen LogP contribution in [0.3, 0.4) is 0 Å². The Kier molecular flexibility index (Phi) is 4.43. The van der Waals surface area contributed by atoms with Crippen LogP contribution >= 0.6 is 15.9 Å². The van der Waals surface area contributed by atoms with E-state index in [2.05, 4.69) is 57.4 Å². The van der Waals surface area contributed by atoms with E-state index in [4.69, 9.17) is 5.73 Å². The van der Waals surface area contributed by atoms with Crippen LogP contribution in [0.4, 0.5) is 11.5 Å². The first-order valence-corrected chi connectivity index (χ1v) is 7.08. The highest BCUT2D eigenvalue weighted by molar-refractivity contribution is 9.10. The summed E-state index contributed by atoms with van der Waals surface area (Å²) in [5, 5.41) is 3.41. The first kappa shape index (κ1) is 13.9. The van der Waals surface area contributed by atoms with Gasteiger partial charge in [-0.3, -0.25) is 0 Å². The molecule has 1 unspecified atom stereocenters. The van der Waals surface area contributed by atoms with E-state index in [1.807, 2.05) is 13.0 Å². The molecule has 1 heterocycles. The molecule has 2 aromatic rings. The molecule has 0 saturated carbocycles. The molecule has 3 nitrogen and oxygen atoms in total. The maximum Gasteiger partial charge on any atom is 0.140 e. The maximum atomic E-state index is 5.82. The van der Waals surface area contributed by atoms with Gasteiger partial charge >= 0.3 is 0 Å². The number of nitrogens with zero attached hydrogens (tertiary/aromatic N) is 1. The van der Waals surface area contributed by atoms with Crippen LogP contribution in [0.15, 0.2) is 41.0 Å². The normalized spacial score (nSPS) is 12.2. The topological polar surface area (TPSA) is 50.9 Å². The Labute approximate surface area is 122 Å². The summed E-state index contributed by atoms with van der Waals surface area (Å²) >= 11 is 3.54. The van der Waals surface area contributed by atoms with Crippen LogP contribution in [0, 0.1) is 6.92 Å². The highest BCUT2D eigenvalue weighted by atomic mass is 79.9. The van der Waals surface area contributed by atoms with Crippen LogP contribution in [-0.2, 0) is 6.42 Å². The molecule has 0 spiro atoms. The molecule has 0 aliphatic carbocycles. The number of hydrogen-bond donors (Lipinski definition) is 2. The van der Waals surface area contributed by atoms with E-state index in [0.717, 1.165) is 22.3 Å². The van der Waals surface area contributed by atoms with Gasteiger partial charge in [0.15, 0.2) is 0 Å². The Balaban J connectivity index is 2.07. The second-order valence-corrected chi connectivity index (χ2v) is 5.53. The van der Waals surface area contributed by atoms with Gasteiger partial charge in [0.25, 0.3) is 0 Å². The van der Waals surface area contributed by atoms with Crippen molar-refractivity contribution in [2.24, 2.45) is 0 Å². The third-order valence-corrected chi connectivity index (χ3v) is 4.04. The Bertz CT molecular complexity index is 555. The number of anilines is 2. The van der Waals surface area contributed by atoms with Gasteiger partial charge in [-0.05, 0) is 47.3 Å². The lowest BCUT2D eigenvalue weighted by molar-refractivity contribution is 0.783. The predicted octanol–water partition coefficient (Wildman–Crippen LogP) is 3.78. The van der Waals surface area contributed by atoms with Gasteiger partial charge in [-0.1, -0.05) is 30.3 Å². The molecule has 2 rings (SSSR count). The molecule has 1 atom stereocenters. The van der Waals surface area contributed by atoms with Crippen molar-refractivity contribution in [3.63, 3.8) is 0 Å². The Hall–Kier alpha value is -1.55. The molecule has 4 heteroatoms. The third kappa shape index (κ3) is 3.47. The lowest BCUT2D eigenvalue weighted by atomic mass is 10.1.